The van der Waals surface area contributed by atoms with E-state index in [1.165, 1.54) is 0 Å². The monoisotopic (exact) mass is 181 g/mol. The van der Waals surface area contributed by atoms with E-state index in [0.717, 1.165) is 15.6 Å². The first kappa shape index (κ1) is 7.68. The number of thiophene rings is 1. The number of hydrogen-bond donors (Lipinski definition) is 1. The fraction of sp³-hybridized carbons (Fsp3) is 0.333. The summed E-state index contributed by atoms with van der Waals surface area (Å²) >= 11 is 1.56. The van der Waals surface area contributed by atoms with Crippen LogP contribution in [0.3, 0.4) is 0 Å². The van der Waals surface area contributed by atoms with E-state index in [1.54, 1.807) is 11.3 Å². The topological polar surface area (TPSA) is 35.2 Å². The Morgan fingerprint density at radius 1 is 1.50 bits per heavy atom. The Morgan fingerprint density at radius 3 is 3.00 bits per heavy atom. The lowest BCUT2D eigenvalue weighted by Crippen LogP contribution is -2.26. The summed E-state index contributed by atoms with van der Waals surface area (Å²) in [5.41, 5.74) is 5.46. The van der Waals surface area contributed by atoms with Crippen LogP contribution in [0.4, 0.5) is 5.00 Å². The number of nitrogen functional groups attached to an aromatic ring is 1. The summed E-state index contributed by atoms with van der Waals surface area (Å²) in [5, 5.41) is 0.808. The van der Waals surface area contributed by atoms with Gasteiger partial charge in [0.15, 0.2) is 0 Å². The van der Waals surface area contributed by atoms with Crippen LogP contribution in [0.1, 0.15) is 18.7 Å². The van der Waals surface area contributed by atoms with Crippen LogP contribution in [-0.2, 0) is 0 Å². The molecule has 0 aromatic carbocycles. The van der Waals surface area contributed by atoms with Gasteiger partial charge in [0.05, 0.1) is 9.88 Å². The van der Waals surface area contributed by atoms with Gasteiger partial charge in [-0.1, -0.05) is 0 Å². The molecule has 0 saturated carbocycles. The summed E-state index contributed by atoms with van der Waals surface area (Å²) < 4.78 is 5.68. The van der Waals surface area contributed by atoms with Crippen LogP contribution < -0.4 is 10.5 Å². The lowest BCUT2D eigenvalue weighted by Gasteiger charge is -2.25. The molecule has 1 aromatic heterocycles. The van der Waals surface area contributed by atoms with E-state index in [-0.39, 0.29) is 5.60 Å². The first-order chi connectivity index (χ1) is 5.57. The van der Waals surface area contributed by atoms with Crippen molar-refractivity contribution in [2.24, 2.45) is 0 Å². The van der Waals surface area contributed by atoms with Crippen molar-refractivity contribution in [3.05, 3.63) is 17.0 Å². The Bertz CT molecular complexity index is 338. The summed E-state index contributed by atoms with van der Waals surface area (Å²) in [6.07, 6.45) is 4.12. The minimum atomic E-state index is -0.194. The van der Waals surface area contributed by atoms with Crippen molar-refractivity contribution < 1.29 is 4.74 Å². The second kappa shape index (κ2) is 2.26. The van der Waals surface area contributed by atoms with E-state index < -0.39 is 0 Å². The Labute approximate surface area is 75.7 Å². The minimum Gasteiger partial charge on any atom is -0.482 e. The molecule has 0 fully saturated rings. The molecule has 0 radical (unpaired) electrons. The van der Waals surface area contributed by atoms with Crippen molar-refractivity contribution in [2.45, 2.75) is 19.4 Å². The zero-order valence-corrected chi connectivity index (χ0v) is 7.94. The molecule has 0 unspecified atom stereocenters. The molecule has 1 aliphatic heterocycles. The van der Waals surface area contributed by atoms with E-state index >= 15 is 0 Å². The predicted molar refractivity (Wildman–Crippen MR) is 52.5 cm³/mol. The quantitative estimate of drug-likeness (QED) is 0.667. The van der Waals surface area contributed by atoms with Crippen LogP contribution in [0.15, 0.2) is 12.1 Å². The summed E-state index contributed by atoms with van der Waals surface area (Å²) in [5.74, 6) is 0.907. The van der Waals surface area contributed by atoms with Crippen LogP contribution in [-0.4, -0.2) is 5.60 Å². The number of ether oxygens (including phenoxy) is 1. The van der Waals surface area contributed by atoms with Gasteiger partial charge in [-0.05, 0) is 26.0 Å². The van der Waals surface area contributed by atoms with Crippen LogP contribution in [0.25, 0.3) is 6.08 Å². The Kier molecular flexibility index (Phi) is 1.45. The maximum Gasteiger partial charge on any atom is 0.140 e. The molecule has 1 aliphatic rings. The highest BCUT2D eigenvalue weighted by Gasteiger charge is 2.22. The highest BCUT2D eigenvalue weighted by molar-refractivity contribution is 7.17. The van der Waals surface area contributed by atoms with Gasteiger partial charge in [0.1, 0.15) is 11.4 Å². The standard InChI is InChI=1S/C9H11NOS/c1-9(2)4-3-7-6(11-9)5-8(10)12-7/h3-5H,10H2,1-2H3. The van der Waals surface area contributed by atoms with Crippen molar-refractivity contribution >= 4 is 22.4 Å². The maximum atomic E-state index is 5.68. The number of rotatable bonds is 0. The summed E-state index contributed by atoms with van der Waals surface area (Å²) in [6.45, 7) is 4.06. The Morgan fingerprint density at radius 2 is 2.25 bits per heavy atom. The molecule has 0 saturated heterocycles. The normalized spacial score (nSPS) is 18.5. The molecular formula is C9H11NOS. The summed E-state index contributed by atoms with van der Waals surface area (Å²) in [4.78, 5) is 1.12. The van der Waals surface area contributed by atoms with Crippen molar-refractivity contribution in [3.63, 3.8) is 0 Å². The maximum absolute atomic E-state index is 5.68. The SMILES string of the molecule is CC1(C)C=Cc2sc(N)cc2O1. The van der Waals surface area contributed by atoms with Crippen LogP contribution in [0, 0.1) is 0 Å². The van der Waals surface area contributed by atoms with Gasteiger partial charge in [0, 0.05) is 6.07 Å². The van der Waals surface area contributed by atoms with Gasteiger partial charge in [0.25, 0.3) is 0 Å². The van der Waals surface area contributed by atoms with E-state index in [9.17, 15) is 0 Å². The van der Waals surface area contributed by atoms with Gasteiger partial charge in [0.2, 0.25) is 0 Å². The molecule has 0 amide bonds. The molecule has 64 valence electrons. The number of anilines is 1. The fourth-order valence-electron chi connectivity index (χ4n) is 1.20. The third-order valence-electron chi connectivity index (χ3n) is 1.75. The molecule has 0 atom stereocenters. The zero-order chi connectivity index (χ0) is 8.77. The molecule has 2 heterocycles. The Hall–Kier alpha value is -0.960. The molecule has 2 rings (SSSR count). The average Bonchev–Trinajstić information content (AvgIpc) is 2.26. The smallest absolute Gasteiger partial charge is 0.140 e. The lowest BCUT2D eigenvalue weighted by atomic mass is 10.1. The number of nitrogens with two attached hydrogens (primary N) is 1. The summed E-state index contributed by atoms with van der Waals surface area (Å²) in [6, 6.07) is 1.88. The molecule has 12 heavy (non-hydrogen) atoms. The van der Waals surface area contributed by atoms with Gasteiger partial charge in [-0.15, -0.1) is 11.3 Å². The zero-order valence-electron chi connectivity index (χ0n) is 7.13. The molecule has 0 aliphatic carbocycles. The second-order valence-electron chi connectivity index (χ2n) is 3.42. The largest absolute Gasteiger partial charge is 0.482 e. The molecule has 0 spiro atoms. The number of fused-ring (bicyclic) bond motifs is 1. The van der Waals surface area contributed by atoms with Gasteiger partial charge >= 0.3 is 0 Å². The molecule has 0 bridgehead atoms. The van der Waals surface area contributed by atoms with Crippen LogP contribution in [0.5, 0.6) is 5.75 Å². The van der Waals surface area contributed by atoms with E-state index in [0.29, 0.717) is 0 Å². The second-order valence-corrected chi connectivity index (χ2v) is 4.53. The number of hydrogen-bond acceptors (Lipinski definition) is 3. The van der Waals surface area contributed by atoms with E-state index in [2.05, 4.69) is 6.08 Å². The van der Waals surface area contributed by atoms with E-state index in [4.69, 9.17) is 10.5 Å². The van der Waals surface area contributed by atoms with Gasteiger partial charge < -0.3 is 10.5 Å². The van der Waals surface area contributed by atoms with Crippen molar-refractivity contribution in [1.82, 2.24) is 0 Å². The first-order valence-electron chi connectivity index (χ1n) is 3.84. The highest BCUT2D eigenvalue weighted by Crippen LogP contribution is 2.38. The van der Waals surface area contributed by atoms with Gasteiger partial charge in [-0.2, -0.15) is 0 Å². The minimum absolute atomic E-state index is 0.194. The highest BCUT2D eigenvalue weighted by atomic mass is 32.1. The molecule has 2 N–H and O–H groups in total. The summed E-state index contributed by atoms with van der Waals surface area (Å²) in [7, 11) is 0. The van der Waals surface area contributed by atoms with Crippen molar-refractivity contribution in [3.8, 4) is 5.75 Å². The first-order valence-corrected chi connectivity index (χ1v) is 4.66. The van der Waals surface area contributed by atoms with Gasteiger partial charge in [-0.25, -0.2) is 0 Å². The average molecular weight is 181 g/mol. The van der Waals surface area contributed by atoms with E-state index in [1.807, 2.05) is 26.0 Å². The molecule has 2 nitrogen and oxygen atoms in total. The third-order valence-corrected chi connectivity index (χ3v) is 2.66. The van der Waals surface area contributed by atoms with Gasteiger partial charge in [-0.3, -0.25) is 0 Å². The third kappa shape index (κ3) is 1.20. The molecule has 3 heteroatoms. The fourth-order valence-corrected chi connectivity index (χ4v) is 1.95. The lowest BCUT2D eigenvalue weighted by molar-refractivity contribution is 0.160. The van der Waals surface area contributed by atoms with Crippen molar-refractivity contribution in [2.75, 3.05) is 5.73 Å². The molecule has 1 aromatic rings. The predicted octanol–water partition coefficient (Wildman–Crippen LogP) is 2.51. The molecular weight excluding hydrogens is 170 g/mol. The van der Waals surface area contributed by atoms with Crippen molar-refractivity contribution in [1.29, 1.82) is 0 Å². The van der Waals surface area contributed by atoms with Crippen LogP contribution >= 0.6 is 11.3 Å². The Balaban J connectivity index is 2.45. The van der Waals surface area contributed by atoms with Crippen LogP contribution in [0.2, 0.25) is 0 Å².